The van der Waals surface area contributed by atoms with Crippen molar-refractivity contribution in [1.29, 1.82) is 5.26 Å². The number of carbonyl (C=O) groups excluding carboxylic acids is 1. The Labute approximate surface area is 115 Å². The van der Waals surface area contributed by atoms with Crippen LogP contribution in [-0.2, 0) is 4.79 Å². The van der Waals surface area contributed by atoms with Gasteiger partial charge < -0.3 is 15.7 Å². The van der Waals surface area contributed by atoms with Crippen molar-refractivity contribution in [2.45, 2.75) is 19.4 Å². The highest BCUT2D eigenvalue weighted by atomic mass is 35.5. The molecule has 0 radical (unpaired) electrons. The Morgan fingerprint density at radius 3 is 2.74 bits per heavy atom. The van der Waals surface area contributed by atoms with Crippen LogP contribution in [0.3, 0.4) is 0 Å². The molecule has 0 aliphatic carbocycles. The maximum absolute atomic E-state index is 11.6. The highest BCUT2D eigenvalue weighted by molar-refractivity contribution is 6.33. The highest BCUT2D eigenvalue weighted by Gasteiger charge is 2.17. The van der Waals surface area contributed by atoms with Gasteiger partial charge in [-0.25, -0.2) is 9.59 Å². The topological polar surface area (TPSA) is 102 Å². The smallest absolute Gasteiger partial charge is 0.326 e. The number of nitriles is 1. The van der Waals surface area contributed by atoms with Crippen molar-refractivity contribution >= 4 is 29.3 Å². The molecule has 2 amide bonds. The number of urea groups is 1. The quantitative estimate of drug-likeness (QED) is 0.787. The summed E-state index contributed by atoms with van der Waals surface area (Å²) >= 11 is 5.86. The molecule has 0 spiro atoms. The molecule has 1 rings (SSSR count). The fraction of sp³-hybridized carbons (Fsp3) is 0.250. The lowest BCUT2D eigenvalue weighted by Crippen LogP contribution is -2.42. The van der Waals surface area contributed by atoms with Crippen LogP contribution >= 0.6 is 11.6 Å². The molecule has 0 fully saturated rings. The molecule has 1 atom stereocenters. The van der Waals surface area contributed by atoms with Gasteiger partial charge in [0.15, 0.2) is 0 Å². The van der Waals surface area contributed by atoms with E-state index >= 15 is 0 Å². The van der Waals surface area contributed by atoms with Crippen LogP contribution in [0.25, 0.3) is 0 Å². The SMILES string of the molecule is CCC(NC(=O)Nc1cc(C#N)ccc1Cl)C(=O)O. The molecule has 1 aromatic carbocycles. The lowest BCUT2D eigenvalue weighted by atomic mass is 10.2. The standard InChI is InChI=1S/C12H12ClN3O3/c1-2-9(11(17)18)15-12(19)16-10-5-7(6-14)3-4-8(10)13/h3-5,9H,2H2,1H3,(H,17,18)(H2,15,16,19). The van der Waals surface area contributed by atoms with E-state index in [1.807, 2.05) is 6.07 Å². The second-order valence-corrected chi connectivity index (χ2v) is 4.11. The summed E-state index contributed by atoms with van der Waals surface area (Å²) in [7, 11) is 0. The summed E-state index contributed by atoms with van der Waals surface area (Å²) in [4.78, 5) is 22.4. The Kier molecular flexibility index (Phi) is 5.15. The number of hydrogen-bond acceptors (Lipinski definition) is 3. The number of halogens is 1. The van der Waals surface area contributed by atoms with Gasteiger partial charge in [0, 0.05) is 0 Å². The molecule has 0 bridgehead atoms. The van der Waals surface area contributed by atoms with Gasteiger partial charge in [0.1, 0.15) is 6.04 Å². The lowest BCUT2D eigenvalue weighted by molar-refractivity contribution is -0.139. The van der Waals surface area contributed by atoms with Crippen LogP contribution in [0.5, 0.6) is 0 Å². The Morgan fingerprint density at radius 1 is 1.53 bits per heavy atom. The van der Waals surface area contributed by atoms with Crippen LogP contribution in [0.15, 0.2) is 18.2 Å². The number of nitrogens with zero attached hydrogens (tertiary/aromatic N) is 1. The van der Waals surface area contributed by atoms with Crippen molar-refractivity contribution in [2.24, 2.45) is 0 Å². The molecule has 0 heterocycles. The van der Waals surface area contributed by atoms with E-state index in [2.05, 4.69) is 10.6 Å². The van der Waals surface area contributed by atoms with E-state index in [0.29, 0.717) is 5.56 Å². The molecular formula is C12H12ClN3O3. The van der Waals surface area contributed by atoms with E-state index in [4.69, 9.17) is 22.0 Å². The van der Waals surface area contributed by atoms with E-state index in [9.17, 15) is 9.59 Å². The third kappa shape index (κ3) is 4.16. The Bertz CT molecular complexity index is 540. The number of aliphatic carboxylic acids is 1. The molecule has 0 aliphatic heterocycles. The maximum atomic E-state index is 11.6. The molecule has 1 aromatic rings. The van der Waals surface area contributed by atoms with Crippen molar-refractivity contribution in [1.82, 2.24) is 5.32 Å². The second-order valence-electron chi connectivity index (χ2n) is 3.70. The number of carboxylic acids is 1. The van der Waals surface area contributed by atoms with Crippen molar-refractivity contribution in [2.75, 3.05) is 5.32 Å². The third-order valence-electron chi connectivity index (χ3n) is 2.36. The van der Waals surface area contributed by atoms with Crippen LogP contribution in [0.2, 0.25) is 5.02 Å². The van der Waals surface area contributed by atoms with Gasteiger partial charge in [0.2, 0.25) is 0 Å². The van der Waals surface area contributed by atoms with E-state index in [-0.39, 0.29) is 17.1 Å². The van der Waals surface area contributed by atoms with Crippen molar-refractivity contribution in [3.05, 3.63) is 28.8 Å². The number of rotatable bonds is 4. The summed E-state index contributed by atoms with van der Waals surface area (Å²) in [6.07, 6.45) is 0.259. The summed E-state index contributed by atoms with van der Waals surface area (Å²) in [5.74, 6) is -1.12. The maximum Gasteiger partial charge on any atom is 0.326 e. The zero-order chi connectivity index (χ0) is 14.4. The van der Waals surface area contributed by atoms with Gasteiger partial charge in [-0.1, -0.05) is 18.5 Å². The normalized spacial score (nSPS) is 11.2. The molecule has 0 aromatic heterocycles. The first-order valence-corrected chi connectivity index (χ1v) is 5.85. The van der Waals surface area contributed by atoms with Crippen molar-refractivity contribution in [3.8, 4) is 6.07 Å². The van der Waals surface area contributed by atoms with Gasteiger partial charge in [-0.05, 0) is 24.6 Å². The number of anilines is 1. The van der Waals surface area contributed by atoms with Gasteiger partial charge in [0.25, 0.3) is 0 Å². The molecule has 19 heavy (non-hydrogen) atoms. The minimum atomic E-state index is -1.12. The number of amides is 2. The first-order chi connectivity index (χ1) is 8.97. The van der Waals surface area contributed by atoms with Gasteiger partial charge in [-0.2, -0.15) is 5.26 Å². The van der Waals surface area contributed by atoms with E-state index in [0.717, 1.165) is 0 Å². The molecule has 0 saturated carbocycles. The largest absolute Gasteiger partial charge is 0.480 e. The minimum absolute atomic E-state index is 0.249. The fourth-order valence-corrected chi connectivity index (χ4v) is 1.51. The third-order valence-corrected chi connectivity index (χ3v) is 2.68. The lowest BCUT2D eigenvalue weighted by Gasteiger charge is -2.13. The number of hydrogen-bond donors (Lipinski definition) is 3. The highest BCUT2D eigenvalue weighted by Crippen LogP contribution is 2.22. The van der Waals surface area contributed by atoms with Crippen molar-refractivity contribution in [3.63, 3.8) is 0 Å². The number of carboxylic acid groups (broad SMARTS) is 1. The molecule has 100 valence electrons. The van der Waals surface area contributed by atoms with Crippen LogP contribution < -0.4 is 10.6 Å². The molecule has 0 saturated heterocycles. The van der Waals surface area contributed by atoms with Crippen LogP contribution in [0.1, 0.15) is 18.9 Å². The minimum Gasteiger partial charge on any atom is -0.480 e. The first-order valence-electron chi connectivity index (χ1n) is 5.48. The van der Waals surface area contributed by atoms with Gasteiger partial charge in [-0.15, -0.1) is 0 Å². The predicted molar refractivity (Wildman–Crippen MR) is 70.0 cm³/mol. The zero-order valence-corrected chi connectivity index (χ0v) is 10.9. The number of benzene rings is 1. The van der Waals surface area contributed by atoms with E-state index in [1.165, 1.54) is 18.2 Å². The predicted octanol–water partition coefficient (Wildman–Crippen LogP) is 2.20. The second kappa shape index (κ2) is 6.61. The van der Waals surface area contributed by atoms with Gasteiger partial charge >= 0.3 is 12.0 Å². The molecule has 6 nitrogen and oxygen atoms in total. The van der Waals surface area contributed by atoms with Crippen molar-refractivity contribution < 1.29 is 14.7 Å². The zero-order valence-electron chi connectivity index (χ0n) is 10.1. The average molecular weight is 282 g/mol. The Morgan fingerprint density at radius 2 is 2.21 bits per heavy atom. The van der Waals surface area contributed by atoms with E-state index < -0.39 is 18.0 Å². The summed E-state index contributed by atoms with van der Waals surface area (Å²) in [5, 5.41) is 22.5. The van der Waals surface area contributed by atoms with Crippen LogP contribution in [0.4, 0.5) is 10.5 Å². The van der Waals surface area contributed by atoms with Gasteiger partial charge in [-0.3, -0.25) is 0 Å². The summed E-state index contributed by atoms with van der Waals surface area (Å²) in [6, 6.07) is 4.64. The number of carbonyl (C=O) groups is 2. The fourth-order valence-electron chi connectivity index (χ4n) is 1.35. The average Bonchev–Trinajstić information content (AvgIpc) is 2.38. The van der Waals surface area contributed by atoms with Crippen LogP contribution in [-0.4, -0.2) is 23.1 Å². The molecular weight excluding hydrogens is 270 g/mol. The van der Waals surface area contributed by atoms with E-state index in [1.54, 1.807) is 6.92 Å². The number of nitrogens with one attached hydrogen (secondary N) is 2. The summed E-state index contributed by atoms with van der Waals surface area (Å²) in [6.45, 7) is 1.64. The molecule has 7 heteroatoms. The molecule has 1 unspecified atom stereocenters. The Balaban J connectivity index is 2.77. The monoisotopic (exact) mass is 281 g/mol. The van der Waals surface area contributed by atoms with Gasteiger partial charge in [0.05, 0.1) is 22.3 Å². The summed E-state index contributed by atoms with van der Waals surface area (Å²) in [5.41, 5.74) is 0.587. The first kappa shape index (κ1) is 14.8. The van der Waals surface area contributed by atoms with Crippen LogP contribution in [0, 0.1) is 11.3 Å². The summed E-state index contributed by atoms with van der Waals surface area (Å²) < 4.78 is 0. The Hall–Kier alpha value is -2.26. The molecule has 3 N–H and O–H groups in total. The molecule has 0 aliphatic rings.